The number of hydrogen-bond donors (Lipinski definition) is 2. The van der Waals surface area contributed by atoms with Crippen molar-refractivity contribution < 1.29 is 13.2 Å². The molecular formula is C16H23N3O3S. The van der Waals surface area contributed by atoms with Crippen LogP contribution in [0.1, 0.15) is 40.0 Å². The Balaban J connectivity index is 2.17. The average Bonchev–Trinajstić information content (AvgIpc) is 2.99. The summed E-state index contributed by atoms with van der Waals surface area (Å²) in [7, 11) is -3.68. The monoisotopic (exact) mass is 337 g/mol. The lowest BCUT2D eigenvalue weighted by Gasteiger charge is -2.21. The van der Waals surface area contributed by atoms with Crippen molar-refractivity contribution in [3.8, 4) is 0 Å². The number of carbonyl (C=O) groups excluding carboxylic acids is 1. The molecule has 7 heteroatoms. The Kier molecular flexibility index (Phi) is 5.09. The molecule has 1 amide bonds. The highest BCUT2D eigenvalue weighted by Crippen LogP contribution is 2.23. The Morgan fingerprint density at radius 2 is 2.09 bits per heavy atom. The van der Waals surface area contributed by atoms with E-state index in [1.165, 1.54) is 12.1 Å². The second kappa shape index (κ2) is 6.70. The molecule has 1 aliphatic rings. The summed E-state index contributed by atoms with van der Waals surface area (Å²) in [4.78, 5) is 16.4. The number of rotatable bonds is 5. The Bertz CT molecular complexity index is 724. The summed E-state index contributed by atoms with van der Waals surface area (Å²) in [5, 5.41) is 2.78. The highest BCUT2D eigenvalue weighted by Gasteiger charge is 2.25. The first-order chi connectivity index (χ1) is 10.7. The molecule has 0 atom stereocenters. The van der Waals surface area contributed by atoms with Crippen LogP contribution in [0.25, 0.3) is 0 Å². The zero-order chi connectivity index (χ0) is 17.1. The number of amides is 1. The lowest BCUT2D eigenvalue weighted by molar-refractivity contribution is -0.124. The van der Waals surface area contributed by atoms with Gasteiger partial charge < -0.3 is 5.32 Å². The van der Waals surface area contributed by atoms with E-state index >= 15 is 0 Å². The van der Waals surface area contributed by atoms with E-state index in [0.29, 0.717) is 30.9 Å². The van der Waals surface area contributed by atoms with Crippen LogP contribution in [0.15, 0.2) is 34.2 Å². The molecule has 2 N–H and O–H groups in total. The number of nitrogens with one attached hydrogen (secondary N) is 2. The van der Waals surface area contributed by atoms with Gasteiger partial charge in [0.15, 0.2) is 0 Å². The van der Waals surface area contributed by atoms with Gasteiger partial charge in [-0.25, -0.2) is 8.42 Å². The summed E-state index contributed by atoms with van der Waals surface area (Å²) >= 11 is 0. The minimum atomic E-state index is -3.68. The summed E-state index contributed by atoms with van der Waals surface area (Å²) in [6.07, 6.45) is 2.19. The molecule has 126 valence electrons. The van der Waals surface area contributed by atoms with Gasteiger partial charge in [0, 0.05) is 24.1 Å². The van der Waals surface area contributed by atoms with Gasteiger partial charge in [0.25, 0.3) is 10.0 Å². The predicted octanol–water partition coefficient (Wildman–Crippen LogP) is 2.53. The third-order valence-corrected chi connectivity index (χ3v) is 5.41. The highest BCUT2D eigenvalue weighted by molar-refractivity contribution is 7.90. The SMILES string of the molecule is CCC(C)(C)C(=O)Nc1cccc(S(=O)(=O)NC2=NCCC2)c1. The van der Waals surface area contributed by atoms with E-state index in [1.807, 2.05) is 20.8 Å². The van der Waals surface area contributed by atoms with Gasteiger partial charge in [0.1, 0.15) is 5.84 Å². The minimum Gasteiger partial charge on any atom is -0.326 e. The molecule has 0 aliphatic carbocycles. The molecular weight excluding hydrogens is 314 g/mol. The number of benzene rings is 1. The number of nitrogens with zero attached hydrogens (tertiary/aromatic N) is 1. The van der Waals surface area contributed by atoms with Crippen LogP contribution in [0.2, 0.25) is 0 Å². The van der Waals surface area contributed by atoms with E-state index in [0.717, 1.165) is 6.42 Å². The van der Waals surface area contributed by atoms with Crippen LogP contribution in [0.3, 0.4) is 0 Å². The normalized spacial score (nSPS) is 15.2. The van der Waals surface area contributed by atoms with Crippen molar-refractivity contribution >= 4 is 27.5 Å². The van der Waals surface area contributed by atoms with Gasteiger partial charge in [-0.3, -0.25) is 14.5 Å². The van der Waals surface area contributed by atoms with Crippen LogP contribution in [-0.4, -0.2) is 26.7 Å². The first-order valence-electron chi connectivity index (χ1n) is 7.72. The maximum absolute atomic E-state index is 12.4. The van der Waals surface area contributed by atoms with E-state index in [-0.39, 0.29) is 10.8 Å². The van der Waals surface area contributed by atoms with Gasteiger partial charge in [0.05, 0.1) is 4.90 Å². The van der Waals surface area contributed by atoms with Crippen molar-refractivity contribution in [1.82, 2.24) is 4.72 Å². The third-order valence-electron chi connectivity index (χ3n) is 4.03. The molecule has 1 heterocycles. The number of aliphatic imine (C=N–C) groups is 1. The molecule has 0 saturated carbocycles. The number of hydrogen-bond acceptors (Lipinski definition) is 4. The van der Waals surface area contributed by atoms with Crippen molar-refractivity contribution in [2.45, 2.75) is 44.9 Å². The highest BCUT2D eigenvalue weighted by atomic mass is 32.2. The zero-order valence-corrected chi connectivity index (χ0v) is 14.5. The van der Waals surface area contributed by atoms with E-state index in [2.05, 4.69) is 15.0 Å². The van der Waals surface area contributed by atoms with Crippen LogP contribution >= 0.6 is 0 Å². The minimum absolute atomic E-state index is 0.110. The summed E-state index contributed by atoms with van der Waals surface area (Å²) in [5.74, 6) is 0.356. The van der Waals surface area contributed by atoms with E-state index in [1.54, 1.807) is 12.1 Å². The Morgan fingerprint density at radius 3 is 2.70 bits per heavy atom. The maximum Gasteiger partial charge on any atom is 0.262 e. The molecule has 0 fully saturated rings. The van der Waals surface area contributed by atoms with Crippen molar-refractivity contribution in [2.24, 2.45) is 10.4 Å². The topological polar surface area (TPSA) is 87.6 Å². The molecule has 1 aliphatic heterocycles. The maximum atomic E-state index is 12.4. The second-order valence-corrected chi connectivity index (χ2v) is 7.94. The summed E-state index contributed by atoms with van der Waals surface area (Å²) in [6, 6.07) is 6.25. The fourth-order valence-electron chi connectivity index (χ4n) is 2.04. The first-order valence-corrected chi connectivity index (χ1v) is 9.20. The van der Waals surface area contributed by atoms with Crippen LogP contribution in [0, 0.1) is 5.41 Å². The van der Waals surface area contributed by atoms with Gasteiger partial charge in [0.2, 0.25) is 5.91 Å². The standard InChI is InChI=1S/C16H23N3O3S/c1-4-16(2,3)15(20)18-12-7-5-8-13(11-12)23(21,22)19-14-9-6-10-17-14/h5,7-8,11H,4,6,9-10H2,1-3H3,(H,17,19)(H,18,20). The molecule has 2 rings (SSSR count). The zero-order valence-electron chi connectivity index (χ0n) is 13.7. The van der Waals surface area contributed by atoms with Crippen LogP contribution in [0.5, 0.6) is 0 Å². The Labute approximate surface area is 137 Å². The Hall–Kier alpha value is -1.89. The molecule has 0 aromatic heterocycles. The van der Waals surface area contributed by atoms with Crippen molar-refractivity contribution in [3.63, 3.8) is 0 Å². The molecule has 0 radical (unpaired) electrons. The third kappa shape index (κ3) is 4.31. The van der Waals surface area contributed by atoms with Gasteiger partial charge in [-0.1, -0.05) is 26.8 Å². The van der Waals surface area contributed by atoms with Gasteiger partial charge in [-0.15, -0.1) is 0 Å². The number of amidine groups is 1. The van der Waals surface area contributed by atoms with Crippen LogP contribution in [0.4, 0.5) is 5.69 Å². The summed E-state index contributed by atoms with van der Waals surface area (Å²) in [5.41, 5.74) is -0.0427. The fourth-order valence-corrected chi connectivity index (χ4v) is 3.17. The largest absolute Gasteiger partial charge is 0.326 e. The smallest absolute Gasteiger partial charge is 0.262 e. The molecule has 0 bridgehead atoms. The number of carbonyl (C=O) groups is 1. The molecule has 1 aromatic rings. The first kappa shape index (κ1) is 17.5. The summed E-state index contributed by atoms with van der Waals surface area (Å²) in [6.45, 7) is 6.29. The van der Waals surface area contributed by atoms with Crippen molar-refractivity contribution in [1.29, 1.82) is 0 Å². The predicted molar refractivity (Wildman–Crippen MR) is 91.0 cm³/mol. The number of anilines is 1. The van der Waals surface area contributed by atoms with Crippen LogP contribution in [-0.2, 0) is 14.8 Å². The number of sulfonamides is 1. The average molecular weight is 337 g/mol. The molecule has 1 aromatic carbocycles. The van der Waals surface area contributed by atoms with Gasteiger partial charge in [-0.05, 0) is 31.0 Å². The second-order valence-electron chi connectivity index (χ2n) is 6.26. The lowest BCUT2D eigenvalue weighted by atomic mass is 9.89. The van der Waals surface area contributed by atoms with Crippen molar-refractivity contribution in [3.05, 3.63) is 24.3 Å². The van der Waals surface area contributed by atoms with Gasteiger partial charge >= 0.3 is 0 Å². The fraction of sp³-hybridized carbons (Fsp3) is 0.500. The molecule has 0 spiro atoms. The molecule has 0 unspecified atom stereocenters. The van der Waals surface area contributed by atoms with Crippen molar-refractivity contribution in [2.75, 3.05) is 11.9 Å². The molecule has 23 heavy (non-hydrogen) atoms. The quantitative estimate of drug-likeness (QED) is 0.865. The summed E-state index contributed by atoms with van der Waals surface area (Å²) < 4.78 is 27.3. The lowest BCUT2D eigenvalue weighted by Crippen LogP contribution is -2.31. The van der Waals surface area contributed by atoms with E-state index in [4.69, 9.17) is 0 Å². The molecule has 0 saturated heterocycles. The van der Waals surface area contributed by atoms with E-state index < -0.39 is 15.4 Å². The molecule has 6 nitrogen and oxygen atoms in total. The van der Waals surface area contributed by atoms with Crippen LogP contribution < -0.4 is 10.0 Å². The Morgan fingerprint density at radius 1 is 1.35 bits per heavy atom. The van der Waals surface area contributed by atoms with Gasteiger partial charge in [-0.2, -0.15) is 0 Å². The van der Waals surface area contributed by atoms with E-state index in [9.17, 15) is 13.2 Å².